The second-order valence-electron chi connectivity index (χ2n) is 5.21. The molecule has 2 rings (SSSR count). The molecule has 28 heavy (non-hydrogen) atoms. The van der Waals surface area contributed by atoms with E-state index in [0.717, 1.165) is 6.07 Å². The van der Waals surface area contributed by atoms with Gasteiger partial charge in [-0.15, -0.1) is 0 Å². The van der Waals surface area contributed by atoms with Crippen molar-refractivity contribution < 1.29 is 27.6 Å². The summed E-state index contributed by atoms with van der Waals surface area (Å²) < 4.78 is 35.4. The quantitative estimate of drug-likeness (QED) is 0.253. The smallest absolute Gasteiger partial charge is 0.371 e. The van der Waals surface area contributed by atoms with Crippen LogP contribution in [0.4, 0.5) is 11.4 Å². The van der Waals surface area contributed by atoms with Crippen molar-refractivity contribution in [2.24, 2.45) is 5.10 Å². The summed E-state index contributed by atoms with van der Waals surface area (Å²) in [5, 5.41) is 13.7. The van der Waals surface area contributed by atoms with E-state index in [1.54, 1.807) is 6.07 Å². The number of nitro groups is 1. The normalized spacial score (nSPS) is 11.6. The monoisotopic (exact) mass is 407 g/mol. The van der Waals surface area contributed by atoms with Crippen LogP contribution in [0.3, 0.4) is 0 Å². The molecular formula is C17H17N3O7S. The minimum absolute atomic E-state index is 0.00163. The molecule has 10 nitrogen and oxygen atoms in total. The second-order valence-corrected chi connectivity index (χ2v) is 7.07. The number of benzene rings is 2. The van der Waals surface area contributed by atoms with Gasteiger partial charge in [0, 0.05) is 12.1 Å². The molecule has 0 aliphatic carbocycles. The number of carbonyl (C=O) groups excluding carboxylic acids is 1. The zero-order chi connectivity index (χ0) is 20.7. The van der Waals surface area contributed by atoms with Gasteiger partial charge in [0.05, 0.1) is 23.5 Å². The summed E-state index contributed by atoms with van der Waals surface area (Å²) >= 11 is 0. The summed E-state index contributed by atoms with van der Waals surface area (Å²) in [6, 6.07) is 10.8. The van der Waals surface area contributed by atoms with Crippen molar-refractivity contribution in [3.63, 3.8) is 0 Å². The Hall–Kier alpha value is -3.47. The van der Waals surface area contributed by atoms with E-state index in [1.165, 1.54) is 50.4 Å². The average molecular weight is 407 g/mol. The van der Waals surface area contributed by atoms with Gasteiger partial charge in [0.2, 0.25) is 9.84 Å². The second kappa shape index (κ2) is 8.95. The van der Waals surface area contributed by atoms with Gasteiger partial charge in [-0.1, -0.05) is 18.2 Å². The zero-order valence-corrected chi connectivity index (χ0v) is 15.8. The number of rotatable bonds is 6. The van der Waals surface area contributed by atoms with Crippen molar-refractivity contribution >= 4 is 32.2 Å². The number of hydrogen-bond acceptors (Lipinski definition) is 9. The Morgan fingerprint density at radius 2 is 1.89 bits per heavy atom. The standard InChI is InChI=1S/C17H17N3O7S/c1-3-27-17(21)16(28(24,25)13-7-5-4-6-8-13)19-18-14-11-12(20(22)23)9-10-15(14)26-2/h4-11,18H,3H2,1-2H3/b19-16+. The largest absolute Gasteiger partial charge is 0.495 e. The lowest BCUT2D eigenvalue weighted by atomic mass is 10.2. The first-order valence-electron chi connectivity index (χ1n) is 7.94. The number of sulfone groups is 1. The molecule has 2 aromatic rings. The van der Waals surface area contributed by atoms with Crippen molar-refractivity contribution in [2.75, 3.05) is 19.1 Å². The third-order valence-electron chi connectivity index (χ3n) is 3.43. The Bertz CT molecular complexity index is 1000. The van der Waals surface area contributed by atoms with E-state index in [9.17, 15) is 23.3 Å². The molecule has 11 heteroatoms. The molecule has 148 valence electrons. The van der Waals surface area contributed by atoms with Crippen molar-refractivity contribution in [2.45, 2.75) is 11.8 Å². The summed E-state index contributed by atoms with van der Waals surface area (Å²) in [6.45, 7) is 1.45. The number of non-ortho nitro benzene ring substituents is 1. The summed E-state index contributed by atoms with van der Waals surface area (Å²) in [5.74, 6) is -1.00. The molecule has 0 aromatic heterocycles. The molecule has 0 saturated carbocycles. The van der Waals surface area contributed by atoms with E-state index < -0.39 is 25.8 Å². The fourth-order valence-corrected chi connectivity index (χ4v) is 3.31. The minimum Gasteiger partial charge on any atom is -0.495 e. The van der Waals surface area contributed by atoms with Gasteiger partial charge in [-0.05, 0) is 25.1 Å². The fourth-order valence-electron chi connectivity index (χ4n) is 2.13. The molecule has 0 aliphatic heterocycles. The molecule has 2 aromatic carbocycles. The molecule has 0 saturated heterocycles. The molecule has 0 amide bonds. The minimum atomic E-state index is -4.30. The van der Waals surface area contributed by atoms with Crippen molar-refractivity contribution in [1.82, 2.24) is 0 Å². The molecule has 0 spiro atoms. The van der Waals surface area contributed by atoms with Crippen LogP contribution in [0.25, 0.3) is 0 Å². The Labute approximate surface area is 160 Å². The van der Waals surface area contributed by atoms with Gasteiger partial charge in [-0.2, -0.15) is 5.10 Å². The summed E-state index contributed by atoms with van der Waals surface area (Å²) in [7, 11) is -2.98. The molecule has 0 aliphatic rings. The van der Waals surface area contributed by atoms with Crippen molar-refractivity contribution in [1.29, 1.82) is 0 Å². The van der Waals surface area contributed by atoms with E-state index in [4.69, 9.17) is 9.47 Å². The maximum atomic E-state index is 12.8. The number of nitro benzene ring substituents is 1. The maximum Gasteiger partial charge on any atom is 0.371 e. The van der Waals surface area contributed by atoms with Crippen LogP contribution in [0.2, 0.25) is 0 Å². The topological polar surface area (TPSA) is 137 Å². The Morgan fingerprint density at radius 1 is 1.21 bits per heavy atom. The van der Waals surface area contributed by atoms with E-state index in [1.807, 2.05) is 0 Å². The Balaban J connectivity index is 2.51. The van der Waals surface area contributed by atoms with Crippen LogP contribution in [0.1, 0.15) is 6.92 Å². The van der Waals surface area contributed by atoms with Crippen LogP contribution in [-0.2, 0) is 19.4 Å². The number of ether oxygens (including phenoxy) is 2. The molecule has 0 atom stereocenters. The predicted octanol–water partition coefficient (Wildman–Crippen LogP) is 2.37. The third kappa shape index (κ3) is 4.62. The van der Waals surface area contributed by atoms with Crippen LogP contribution in [0.5, 0.6) is 5.75 Å². The number of anilines is 1. The molecule has 0 radical (unpaired) electrons. The first kappa shape index (κ1) is 20.8. The molecule has 1 N–H and O–H groups in total. The van der Waals surface area contributed by atoms with Crippen LogP contribution in [0, 0.1) is 10.1 Å². The lowest BCUT2D eigenvalue weighted by Gasteiger charge is -2.10. The average Bonchev–Trinajstić information content (AvgIpc) is 2.68. The lowest BCUT2D eigenvalue weighted by Crippen LogP contribution is -2.28. The van der Waals surface area contributed by atoms with Crippen LogP contribution < -0.4 is 10.2 Å². The molecule has 0 unspecified atom stereocenters. The number of hydrazone groups is 1. The SMILES string of the molecule is CCOC(=O)/C(=N\Nc1cc([N+](=O)[O-])ccc1OC)S(=O)(=O)c1ccccc1. The highest BCUT2D eigenvalue weighted by Gasteiger charge is 2.31. The predicted molar refractivity (Wildman–Crippen MR) is 101 cm³/mol. The summed E-state index contributed by atoms with van der Waals surface area (Å²) in [4.78, 5) is 22.4. The van der Waals surface area contributed by atoms with Gasteiger partial charge in [0.1, 0.15) is 11.4 Å². The number of carbonyl (C=O) groups is 1. The van der Waals surface area contributed by atoms with Crippen LogP contribution in [0.15, 0.2) is 58.5 Å². The van der Waals surface area contributed by atoms with Crippen LogP contribution >= 0.6 is 0 Å². The third-order valence-corrected chi connectivity index (χ3v) is 5.09. The fraction of sp³-hybridized carbons (Fsp3) is 0.176. The van der Waals surface area contributed by atoms with Gasteiger partial charge in [0.15, 0.2) is 0 Å². The van der Waals surface area contributed by atoms with Gasteiger partial charge >= 0.3 is 5.97 Å². The van der Waals surface area contributed by atoms with Crippen LogP contribution in [-0.4, -0.2) is 38.1 Å². The molecule has 0 bridgehead atoms. The van der Waals surface area contributed by atoms with E-state index in [2.05, 4.69) is 10.5 Å². The van der Waals surface area contributed by atoms with E-state index in [-0.39, 0.29) is 28.6 Å². The number of methoxy groups -OCH3 is 1. The Kier molecular flexibility index (Phi) is 6.66. The molecular weight excluding hydrogens is 390 g/mol. The highest BCUT2D eigenvalue weighted by molar-refractivity contribution is 8.08. The van der Waals surface area contributed by atoms with Crippen molar-refractivity contribution in [3.05, 3.63) is 58.6 Å². The van der Waals surface area contributed by atoms with Crippen molar-refractivity contribution in [3.8, 4) is 5.75 Å². The van der Waals surface area contributed by atoms with Gasteiger partial charge in [-0.25, -0.2) is 13.2 Å². The lowest BCUT2D eigenvalue weighted by molar-refractivity contribution is -0.384. The molecule has 0 heterocycles. The van der Waals surface area contributed by atoms with Gasteiger partial charge in [0.25, 0.3) is 10.7 Å². The number of esters is 1. The first-order chi connectivity index (χ1) is 13.3. The Morgan fingerprint density at radius 3 is 2.46 bits per heavy atom. The van der Waals surface area contributed by atoms with E-state index in [0.29, 0.717) is 0 Å². The number of hydrogen-bond donors (Lipinski definition) is 1. The van der Waals surface area contributed by atoms with Gasteiger partial charge < -0.3 is 9.47 Å². The summed E-state index contributed by atoms with van der Waals surface area (Å²) in [6.07, 6.45) is 0. The first-order valence-corrected chi connectivity index (χ1v) is 9.43. The highest BCUT2D eigenvalue weighted by atomic mass is 32.2. The highest BCUT2D eigenvalue weighted by Crippen LogP contribution is 2.29. The number of nitrogens with zero attached hydrogens (tertiary/aromatic N) is 2. The zero-order valence-electron chi connectivity index (χ0n) is 15.0. The van der Waals surface area contributed by atoms with E-state index >= 15 is 0 Å². The summed E-state index contributed by atoms with van der Waals surface area (Å²) in [5.41, 5.74) is 2.08. The number of nitrogens with one attached hydrogen (secondary N) is 1. The van der Waals surface area contributed by atoms with Gasteiger partial charge in [-0.3, -0.25) is 15.5 Å². The molecule has 0 fully saturated rings. The maximum absolute atomic E-state index is 12.8.